The number of phosphoric ester groups is 1. The minimum atomic E-state index is -5.10. The van der Waals surface area contributed by atoms with E-state index in [1.54, 1.807) is 41.5 Å². The van der Waals surface area contributed by atoms with Gasteiger partial charge in [0.2, 0.25) is 13.6 Å². The molecule has 2 fully saturated rings. The van der Waals surface area contributed by atoms with Crippen LogP contribution >= 0.6 is 15.4 Å². The smallest absolute Gasteiger partial charge is 0.438 e. The van der Waals surface area contributed by atoms with Crippen molar-refractivity contribution in [1.29, 1.82) is 0 Å². The predicted octanol–water partition coefficient (Wildman–Crippen LogP) is 4.82. The van der Waals surface area contributed by atoms with Crippen LogP contribution < -0.4 is 11.5 Å². The Morgan fingerprint density at radius 1 is 0.774 bits per heavy atom. The summed E-state index contributed by atoms with van der Waals surface area (Å²) in [5.74, 6) is -0.640. The number of nitrogens with zero attached hydrogens (tertiary/aromatic N) is 8. The standard InChI is InChI=1S/C35H46F2N10O13P2/c1-7-34(3,4)32(48)52-16-55-61(50)10-9-18-24(20(36)30(57-18)46-14-44-22-26(38)40-12-42-28(22)46)60-62(51,56-17-53-33(49)35(5,6)8-2)54-11-19-25(59-61)21(37)31(58-19)47-15-45-23-27(39)41-13-43-29(23)47/h9-10,12-15,18-21,24-25,30-31H,7-8,11,16-17H2,1-6H3,(H2,38,40,42)(H2,39,41,43)/b10-9+/t18-,19-,20-,21-,24-,25-,30-,31-,61?,62?/m1/s1. The molecule has 0 amide bonds. The van der Waals surface area contributed by atoms with Gasteiger partial charge >= 0.3 is 27.4 Å². The Labute approximate surface area is 352 Å². The number of carbonyl (C=O) groups excluding carboxylic acids is 2. The highest BCUT2D eigenvalue weighted by Crippen LogP contribution is 2.58. The number of nitrogen functional groups attached to an aromatic ring is 2. The Hall–Kier alpha value is -4.58. The van der Waals surface area contributed by atoms with Gasteiger partial charge in [-0.1, -0.05) is 13.8 Å². The third-order valence-electron chi connectivity index (χ3n) is 10.9. The van der Waals surface area contributed by atoms with Gasteiger partial charge in [0.25, 0.3) is 0 Å². The number of hydrogen-bond acceptors (Lipinski definition) is 21. The van der Waals surface area contributed by atoms with E-state index in [2.05, 4.69) is 29.9 Å². The zero-order valence-corrected chi connectivity index (χ0v) is 36.1. The Morgan fingerprint density at radius 3 is 1.84 bits per heavy atom. The molecule has 2 unspecified atom stereocenters. The SMILES string of the molecule is CCC(C)(C)C(=O)OCOP1(=O)/C=C/[C@H]2O[C@@H](n3cnc4c(N)ncnc43)[C@H](F)[C@@H]2OP(=O)(OCOC(=O)C(C)(C)CC)OC[C@H]2O[C@@H](n3cnc4c(N)ncnc43)[C@H](F)[C@@H]2O1. The first kappa shape index (κ1) is 45.4. The van der Waals surface area contributed by atoms with Crippen molar-refractivity contribution in [2.45, 2.75) is 104 Å². The van der Waals surface area contributed by atoms with Crippen LogP contribution in [0.1, 0.15) is 66.8 Å². The quantitative estimate of drug-likeness (QED) is 0.109. The van der Waals surface area contributed by atoms with Crippen molar-refractivity contribution < 1.29 is 69.1 Å². The summed E-state index contributed by atoms with van der Waals surface area (Å²) in [6.45, 7) is 7.17. The molecule has 0 spiro atoms. The molecule has 4 N–H and O–H groups in total. The van der Waals surface area contributed by atoms with Gasteiger partial charge in [-0.3, -0.25) is 41.4 Å². The highest BCUT2D eigenvalue weighted by atomic mass is 31.2. The third-order valence-corrected chi connectivity index (χ3v) is 13.8. The fourth-order valence-corrected chi connectivity index (χ4v) is 8.93. The molecule has 0 aliphatic carbocycles. The van der Waals surface area contributed by atoms with Gasteiger partial charge in [0, 0.05) is 5.82 Å². The molecule has 23 nitrogen and oxygen atoms in total. The van der Waals surface area contributed by atoms with Gasteiger partial charge in [0.1, 0.15) is 48.1 Å². The number of nitrogens with two attached hydrogens (primary N) is 2. The monoisotopic (exact) mass is 914 g/mol. The number of phosphoric acid groups is 1. The van der Waals surface area contributed by atoms with Crippen molar-refractivity contribution in [2.75, 3.05) is 31.7 Å². The average molecular weight is 915 g/mol. The van der Waals surface area contributed by atoms with Crippen molar-refractivity contribution in [3.63, 3.8) is 0 Å². The second-order valence-corrected chi connectivity index (χ2v) is 19.2. The number of aromatic nitrogens is 8. The molecule has 7 heterocycles. The van der Waals surface area contributed by atoms with E-state index in [1.807, 2.05) is 0 Å². The molecule has 2 saturated heterocycles. The van der Waals surface area contributed by atoms with Crippen molar-refractivity contribution in [3.05, 3.63) is 37.2 Å². The van der Waals surface area contributed by atoms with Crippen LogP contribution in [0.5, 0.6) is 0 Å². The first-order valence-corrected chi connectivity index (χ1v) is 22.4. The minimum absolute atomic E-state index is 0.0184. The Bertz CT molecular complexity index is 2440. The summed E-state index contributed by atoms with van der Waals surface area (Å²) >= 11 is 0. The van der Waals surface area contributed by atoms with Crippen molar-refractivity contribution in [2.24, 2.45) is 10.8 Å². The highest BCUT2D eigenvalue weighted by molar-refractivity contribution is 7.57. The maximum atomic E-state index is 16.9. The van der Waals surface area contributed by atoms with Gasteiger partial charge in [-0.25, -0.2) is 47.8 Å². The Balaban J connectivity index is 1.27. The lowest BCUT2D eigenvalue weighted by Gasteiger charge is -2.28. The minimum Gasteiger partial charge on any atom is -0.438 e. The molecule has 0 bridgehead atoms. The number of anilines is 2. The van der Waals surface area contributed by atoms with Crippen LogP contribution in [0.4, 0.5) is 20.4 Å². The molecule has 62 heavy (non-hydrogen) atoms. The van der Waals surface area contributed by atoms with E-state index >= 15 is 8.78 Å². The molecule has 0 saturated carbocycles. The second kappa shape index (κ2) is 17.5. The zero-order chi connectivity index (χ0) is 44.8. The van der Waals surface area contributed by atoms with Gasteiger partial charge in [-0.2, -0.15) is 0 Å². The molecule has 4 aromatic heterocycles. The summed E-state index contributed by atoms with van der Waals surface area (Å²) in [7, 11) is -9.90. The summed E-state index contributed by atoms with van der Waals surface area (Å²) in [4.78, 5) is 50.0. The number of rotatable bonds is 12. The second-order valence-electron chi connectivity index (χ2n) is 15.7. The van der Waals surface area contributed by atoms with Crippen LogP contribution in [0.3, 0.4) is 0 Å². The van der Waals surface area contributed by atoms with Crippen molar-refractivity contribution >= 4 is 61.3 Å². The maximum absolute atomic E-state index is 16.9. The normalized spacial score (nSPS) is 31.2. The van der Waals surface area contributed by atoms with Crippen LogP contribution in [0, 0.1) is 10.8 Å². The fraction of sp³-hybridized carbons (Fsp3) is 0.600. The van der Waals surface area contributed by atoms with Gasteiger partial charge in [0.05, 0.1) is 30.1 Å². The van der Waals surface area contributed by atoms with Gasteiger partial charge in [0.15, 0.2) is 47.7 Å². The molecule has 27 heteroatoms. The number of esters is 2. The van der Waals surface area contributed by atoms with Crippen LogP contribution in [0.15, 0.2) is 37.2 Å². The largest absolute Gasteiger partial charge is 0.478 e. The summed E-state index contributed by atoms with van der Waals surface area (Å²) < 4.78 is 117. The van der Waals surface area contributed by atoms with Crippen molar-refractivity contribution in [3.8, 4) is 0 Å². The number of ether oxygens (including phenoxy) is 4. The van der Waals surface area contributed by atoms with E-state index in [0.29, 0.717) is 12.8 Å². The first-order chi connectivity index (χ1) is 29.3. The Kier molecular flexibility index (Phi) is 12.9. The highest BCUT2D eigenvalue weighted by Gasteiger charge is 2.55. The van der Waals surface area contributed by atoms with E-state index in [-0.39, 0.29) is 34.0 Å². The van der Waals surface area contributed by atoms with Crippen LogP contribution in [-0.2, 0) is 60.3 Å². The Morgan fingerprint density at radius 2 is 1.29 bits per heavy atom. The number of fused-ring (bicyclic) bond motifs is 4. The molecule has 338 valence electrons. The number of carbonyl (C=O) groups is 2. The van der Waals surface area contributed by atoms with Gasteiger partial charge in [-0.05, 0) is 46.6 Å². The maximum Gasteiger partial charge on any atom is 0.478 e. The summed E-state index contributed by atoms with van der Waals surface area (Å²) in [5, 5.41) is 0. The molecule has 10 atom stereocenters. The zero-order valence-electron chi connectivity index (χ0n) is 34.3. The molecule has 7 rings (SSSR count). The van der Waals surface area contributed by atoms with Crippen LogP contribution in [-0.4, -0.2) is 108 Å². The first-order valence-electron chi connectivity index (χ1n) is 19.3. The fourth-order valence-electron chi connectivity index (χ4n) is 6.30. The van der Waals surface area contributed by atoms with Crippen molar-refractivity contribution in [1.82, 2.24) is 39.0 Å². The van der Waals surface area contributed by atoms with E-state index in [0.717, 1.165) is 24.5 Å². The predicted molar refractivity (Wildman–Crippen MR) is 209 cm³/mol. The van der Waals surface area contributed by atoms with E-state index in [1.165, 1.54) is 21.8 Å². The lowest BCUT2D eigenvalue weighted by atomic mass is 9.91. The van der Waals surface area contributed by atoms with Gasteiger partial charge in [-0.15, -0.1) is 0 Å². The van der Waals surface area contributed by atoms with E-state index in [4.69, 9.17) is 53.0 Å². The molecule has 3 aliphatic heterocycles. The third kappa shape index (κ3) is 8.95. The summed E-state index contributed by atoms with van der Waals surface area (Å²) in [6.07, 6.45) is -8.42. The molecule has 0 aromatic carbocycles. The molecular formula is C35H46F2N10O13P2. The average Bonchev–Trinajstić information content (AvgIpc) is 4.01. The number of alkyl halides is 2. The molecule has 3 aliphatic rings. The van der Waals surface area contributed by atoms with Crippen LogP contribution in [0.25, 0.3) is 22.3 Å². The number of hydrogen-bond donors (Lipinski definition) is 2. The van der Waals surface area contributed by atoms with Gasteiger partial charge < -0.3 is 30.4 Å². The summed E-state index contributed by atoms with van der Waals surface area (Å²) in [6, 6.07) is 0. The molecule has 4 aromatic rings. The van der Waals surface area contributed by atoms with E-state index < -0.39 is 108 Å². The molecule has 0 radical (unpaired) electrons. The topological polar surface area (TPSA) is 291 Å². The van der Waals surface area contributed by atoms with E-state index in [9.17, 15) is 18.7 Å². The molecular weight excluding hydrogens is 868 g/mol. The van der Waals surface area contributed by atoms with Crippen LogP contribution in [0.2, 0.25) is 0 Å². The number of halogens is 2. The lowest BCUT2D eigenvalue weighted by Crippen LogP contribution is -2.35. The summed E-state index contributed by atoms with van der Waals surface area (Å²) in [5.41, 5.74) is 10.3. The number of imidazole rings is 2. The lowest BCUT2D eigenvalue weighted by molar-refractivity contribution is -0.162.